The number of carbonyl (C=O) groups is 2. The lowest BCUT2D eigenvalue weighted by Gasteiger charge is -2.02. The van der Waals surface area contributed by atoms with Gasteiger partial charge in [-0.3, -0.25) is 4.79 Å². The van der Waals surface area contributed by atoms with Crippen LogP contribution in [0.5, 0.6) is 0 Å². The Morgan fingerprint density at radius 2 is 2.18 bits per heavy atom. The molecule has 0 bridgehead atoms. The van der Waals surface area contributed by atoms with E-state index in [0.29, 0.717) is 11.6 Å². The smallest absolute Gasteiger partial charge is 0.366 e. The minimum Gasteiger partial charge on any atom is -0.366 e. The highest BCUT2D eigenvalue weighted by Crippen LogP contribution is 2.17. The van der Waals surface area contributed by atoms with Gasteiger partial charge in [-0.25, -0.2) is 4.79 Å². The summed E-state index contributed by atoms with van der Waals surface area (Å²) in [5, 5.41) is 0.316. The fourth-order valence-corrected chi connectivity index (χ4v) is 1.80. The van der Waals surface area contributed by atoms with Gasteiger partial charge in [0, 0.05) is 11.6 Å². The van der Waals surface area contributed by atoms with Gasteiger partial charge in [-0.2, -0.15) is 4.58 Å². The molecule has 1 aliphatic heterocycles. The molecule has 2 amide bonds. The van der Waals surface area contributed by atoms with E-state index in [-0.39, 0.29) is 11.5 Å². The van der Waals surface area contributed by atoms with E-state index in [1.807, 2.05) is 0 Å². The van der Waals surface area contributed by atoms with Gasteiger partial charge < -0.3 is 5.73 Å². The van der Waals surface area contributed by atoms with Gasteiger partial charge in [0.2, 0.25) is 5.91 Å². The number of rotatable bonds is 3. The molecule has 5 heteroatoms. The van der Waals surface area contributed by atoms with Crippen LogP contribution >= 0.6 is 11.6 Å². The number of allylic oxidation sites excluding steroid dienone is 1. The number of hydrogen-bond acceptors (Lipinski definition) is 2. The third kappa shape index (κ3) is 2.42. The summed E-state index contributed by atoms with van der Waals surface area (Å²) in [6, 6.07) is 4.96. The van der Waals surface area contributed by atoms with Crippen molar-refractivity contribution in [3.63, 3.8) is 0 Å². The van der Waals surface area contributed by atoms with Gasteiger partial charge in [-0.15, -0.1) is 0 Å². The van der Waals surface area contributed by atoms with Crippen molar-refractivity contribution in [2.24, 2.45) is 5.73 Å². The van der Waals surface area contributed by atoms with E-state index in [9.17, 15) is 9.59 Å². The molecule has 0 saturated carbocycles. The highest BCUT2D eigenvalue weighted by molar-refractivity contribution is 6.33. The monoisotopic (exact) mass is 249 g/mol. The third-order valence-electron chi connectivity index (χ3n) is 2.44. The largest absolute Gasteiger partial charge is 0.412 e. The summed E-state index contributed by atoms with van der Waals surface area (Å²) in [6.07, 6.45) is 4.83. The van der Waals surface area contributed by atoms with E-state index in [1.54, 1.807) is 30.5 Å². The first-order chi connectivity index (χ1) is 8.08. The van der Waals surface area contributed by atoms with Crippen molar-refractivity contribution in [2.75, 3.05) is 0 Å². The van der Waals surface area contributed by atoms with E-state index in [2.05, 4.69) is 0 Å². The Morgan fingerprint density at radius 3 is 2.76 bits per heavy atom. The number of primary amides is 1. The molecule has 17 heavy (non-hydrogen) atoms. The molecule has 2 N–H and O–H groups in total. The number of benzene rings is 1. The molecule has 1 aromatic rings. The van der Waals surface area contributed by atoms with Gasteiger partial charge in [-0.05, 0) is 12.1 Å². The molecule has 0 unspecified atom stereocenters. The van der Waals surface area contributed by atoms with Gasteiger partial charge >= 0.3 is 5.91 Å². The molecule has 1 heterocycles. The van der Waals surface area contributed by atoms with E-state index in [4.69, 9.17) is 17.3 Å². The lowest BCUT2D eigenvalue weighted by molar-refractivity contribution is -0.452. The molecular formula is C12H10ClN2O2+. The Bertz CT molecular complexity index is 562. The molecule has 0 aliphatic carbocycles. The van der Waals surface area contributed by atoms with Crippen molar-refractivity contribution >= 4 is 29.6 Å². The fourth-order valence-electron chi connectivity index (χ4n) is 1.59. The maximum atomic E-state index is 11.4. The van der Waals surface area contributed by atoms with Gasteiger partial charge in [0.1, 0.15) is 0 Å². The molecule has 1 aliphatic rings. The third-order valence-corrected chi connectivity index (χ3v) is 2.77. The van der Waals surface area contributed by atoms with Crippen LogP contribution in [0, 0.1) is 0 Å². The molecule has 0 spiro atoms. The molecule has 0 aromatic heterocycles. The molecule has 0 saturated heterocycles. The zero-order valence-corrected chi connectivity index (χ0v) is 9.65. The summed E-state index contributed by atoms with van der Waals surface area (Å²) in [6.45, 7) is 0.392. The Kier molecular flexibility index (Phi) is 3.06. The highest BCUT2D eigenvalue weighted by Gasteiger charge is 2.19. The predicted molar refractivity (Wildman–Crippen MR) is 64.1 cm³/mol. The number of amides is 2. The van der Waals surface area contributed by atoms with E-state index >= 15 is 0 Å². The standard InChI is InChI=1S/C12H9ClN2O2/c13-10-4-3-8(6-9(10)12(14)17)7-15-5-1-2-11(15)16/h1-6H,7H2,(H-,14,17)/p+1. The Labute approximate surface area is 103 Å². The second-order valence-electron chi connectivity index (χ2n) is 3.65. The molecular weight excluding hydrogens is 240 g/mol. The summed E-state index contributed by atoms with van der Waals surface area (Å²) in [4.78, 5) is 22.5. The Hall–Kier alpha value is -1.94. The van der Waals surface area contributed by atoms with Crippen molar-refractivity contribution in [3.8, 4) is 0 Å². The maximum absolute atomic E-state index is 11.4. The lowest BCUT2D eigenvalue weighted by Crippen LogP contribution is -2.16. The van der Waals surface area contributed by atoms with Crippen LogP contribution in [0.2, 0.25) is 5.02 Å². The highest BCUT2D eigenvalue weighted by atomic mass is 35.5. The molecule has 4 nitrogen and oxygen atoms in total. The van der Waals surface area contributed by atoms with Crippen LogP contribution in [-0.2, 0) is 11.3 Å². The number of carbonyl (C=O) groups excluding carboxylic acids is 2. The van der Waals surface area contributed by atoms with Crippen molar-refractivity contribution in [3.05, 3.63) is 46.5 Å². The molecule has 86 valence electrons. The second-order valence-corrected chi connectivity index (χ2v) is 4.06. The summed E-state index contributed by atoms with van der Waals surface area (Å²) < 4.78 is 1.54. The summed E-state index contributed by atoms with van der Waals surface area (Å²) >= 11 is 5.83. The van der Waals surface area contributed by atoms with Crippen LogP contribution in [-0.4, -0.2) is 22.6 Å². The Balaban J connectivity index is 2.26. The molecule has 1 aromatic carbocycles. The number of hydrogen-bond donors (Lipinski definition) is 1. The fraction of sp³-hybridized carbons (Fsp3) is 0.0833. The number of nitrogens with two attached hydrogens (primary N) is 1. The molecule has 2 rings (SSSR count). The van der Waals surface area contributed by atoms with Crippen LogP contribution in [0.25, 0.3) is 0 Å². The minimum absolute atomic E-state index is 0.0828. The first-order valence-electron chi connectivity index (χ1n) is 4.98. The van der Waals surface area contributed by atoms with Crippen LogP contribution in [0.1, 0.15) is 15.9 Å². The maximum Gasteiger partial charge on any atom is 0.412 e. The zero-order chi connectivity index (χ0) is 12.4. The first-order valence-corrected chi connectivity index (χ1v) is 5.36. The van der Waals surface area contributed by atoms with Gasteiger partial charge in [0.15, 0.2) is 12.8 Å². The normalized spacial score (nSPS) is 13.9. The van der Waals surface area contributed by atoms with Crippen LogP contribution in [0.15, 0.2) is 30.4 Å². The lowest BCUT2D eigenvalue weighted by atomic mass is 10.1. The summed E-state index contributed by atoms with van der Waals surface area (Å²) in [5.74, 6) is -0.660. The SMILES string of the molecule is NC(=O)c1cc(C[N+]2=CC=CC2=O)ccc1Cl. The van der Waals surface area contributed by atoms with E-state index < -0.39 is 5.91 Å². The van der Waals surface area contributed by atoms with Crippen LogP contribution in [0.4, 0.5) is 0 Å². The van der Waals surface area contributed by atoms with Crippen LogP contribution < -0.4 is 5.73 Å². The summed E-state index contributed by atoms with van der Waals surface area (Å²) in [5.41, 5.74) is 6.26. The zero-order valence-electron chi connectivity index (χ0n) is 8.89. The van der Waals surface area contributed by atoms with Gasteiger partial charge in [0.05, 0.1) is 16.7 Å². The molecule has 0 fully saturated rings. The van der Waals surface area contributed by atoms with Gasteiger partial charge in [0.25, 0.3) is 0 Å². The van der Waals surface area contributed by atoms with Crippen molar-refractivity contribution in [1.82, 2.24) is 0 Å². The van der Waals surface area contributed by atoms with Crippen LogP contribution in [0.3, 0.4) is 0 Å². The van der Waals surface area contributed by atoms with E-state index in [0.717, 1.165) is 5.56 Å². The minimum atomic E-state index is -0.577. The van der Waals surface area contributed by atoms with Crippen molar-refractivity contribution in [2.45, 2.75) is 6.54 Å². The number of halogens is 1. The molecule has 0 atom stereocenters. The average molecular weight is 250 g/mol. The first kappa shape index (κ1) is 11.5. The quantitative estimate of drug-likeness (QED) is 0.816. The van der Waals surface area contributed by atoms with E-state index in [1.165, 1.54) is 10.7 Å². The van der Waals surface area contributed by atoms with Gasteiger partial charge in [-0.1, -0.05) is 17.7 Å². The summed E-state index contributed by atoms with van der Waals surface area (Å²) in [7, 11) is 0. The second kappa shape index (κ2) is 4.51. The van der Waals surface area contributed by atoms with Crippen molar-refractivity contribution < 1.29 is 14.2 Å². The average Bonchev–Trinajstić information content (AvgIpc) is 2.67. The topological polar surface area (TPSA) is 63.2 Å². The van der Waals surface area contributed by atoms with Crippen molar-refractivity contribution in [1.29, 1.82) is 0 Å². The number of nitrogens with zero attached hydrogens (tertiary/aromatic N) is 1. The Morgan fingerprint density at radius 1 is 1.41 bits per heavy atom. The molecule has 0 radical (unpaired) electrons. The predicted octanol–water partition coefficient (Wildman–Crippen LogP) is 1.12.